The Balaban J connectivity index is 1.80. The fourth-order valence-corrected chi connectivity index (χ4v) is 4.20. The van der Waals surface area contributed by atoms with Gasteiger partial charge in [-0.1, -0.05) is 43.3 Å². The van der Waals surface area contributed by atoms with E-state index in [2.05, 4.69) is 10.0 Å². The topological polar surface area (TPSA) is 75.3 Å². The van der Waals surface area contributed by atoms with Gasteiger partial charge in [-0.3, -0.25) is 9.52 Å². The number of amides is 1. The Kier molecular flexibility index (Phi) is 6.03. The first-order chi connectivity index (χ1) is 13.8. The monoisotopic (exact) mass is 408 g/mol. The van der Waals surface area contributed by atoms with Gasteiger partial charge in [0.15, 0.2) is 0 Å². The summed E-state index contributed by atoms with van der Waals surface area (Å²) < 4.78 is 27.9. The SMILES string of the molecule is CCc1cccc(C)c1NC(=O)c1ccc(S(=O)(=O)Nc2ccccc2C)cc1. The minimum atomic E-state index is -3.74. The summed E-state index contributed by atoms with van der Waals surface area (Å²) in [7, 11) is -3.74. The molecule has 0 fully saturated rings. The number of anilines is 2. The highest BCUT2D eigenvalue weighted by Gasteiger charge is 2.17. The Bertz CT molecular complexity index is 1140. The van der Waals surface area contributed by atoms with Crippen molar-refractivity contribution < 1.29 is 13.2 Å². The zero-order chi connectivity index (χ0) is 21.0. The molecule has 0 aliphatic heterocycles. The van der Waals surface area contributed by atoms with E-state index in [9.17, 15) is 13.2 Å². The van der Waals surface area contributed by atoms with E-state index in [4.69, 9.17) is 0 Å². The molecular weight excluding hydrogens is 384 g/mol. The van der Waals surface area contributed by atoms with E-state index < -0.39 is 10.0 Å². The average Bonchev–Trinajstić information content (AvgIpc) is 2.71. The molecule has 2 N–H and O–H groups in total. The standard InChI is InChI=1S/C23H24N2O3S/c1-4-18-10-7-9-17(3)22(18)24-23(26)19-12-14-20(15-13-19)29(27,28)25-21-11-6-5-8-16(21)2/h5-15,25H,4H2,1-3H3,(H,24,26). The molecule has 1 amide bonds. The third-order valence-electron chi connectivity index (χ3n) is 4.79. The Morgan fingerprint density at radius 3 is 2.17 bits per heavy atom. The van der Waals surface area contributed by atoms with Gasteiger partial charge in [0.1, 0.15) is 0 Å². The van der Waals surface area contributed by atoms with Gasteiger partial charge >= 0.3 is 0 Å². The molecule has 0 aliphatic carbocycles. The second kappa shape index (κ2) is 8.49. The second-order valence-corrected chi connectivity index (χ2v) is 8.54. The maximum Gasteiger partial charge on any atom is 0.261 e. The van der Waals surface area contributed by atoms with Crippen LogP contribution in [0.1, 0.15) is 34.0 Å². The molecule has 0 atom stereocenters. The molecule has 3 aromatic carbocycles. The van der Waals surface area contributed by atoms with Gasteiger partial charge < -0.3 is 5.32 Å². The number of carbonyl (C=O) groups excluding carboxylic acids is 1. The minimum absolute atomic E-state index is 0.0995. The number of hydrogen-bond donors (Lipinski definition) is 2. The summed E-state index contributed by atoms with van der Waals surface area (Å²) in [6.07, 6.45) is 0.805. The van der Waals surface area contributed by atoms with Crippen LogP contribution in [0.15, 0.2) is 71.6 Å². The highest BCUT2D eigenvalue weighted by atomic mass is 32.2. The average molecular weight is 409 g/mol. The Labute approximate surface area is 171 Å². The summed E-state index contributed by atoms with van der Waals surface area (Å²) in [4.78, 5) is 12.8. The minimum Gasteiger partial charge on any atom is -0.321 e. The first kappa shape index (κ1) is 20.6. The van der Waals surface area contributed by atoms with Crippen molar-refractivity contribution in [1.82, 2.24) is 0 Å². The Hall–Kier alpha value is -3.12. The highest BCUT2D eigenvalue weighted by molar-refractivity contribution is 7.92. The molecule has 150 valence electrons. The van der Waals surface area contributed by atoms with Gasteiger partial charge in [-0.2, -0.15) is 0 Å². The summed E-state index contributed by atoms with van der Waals surface area (Å²) in [5.74, 6) is -0.273. The number of benzene rings is 3. The molecule has 3 rings (SSSR count). The lowest BCUT2D eigenvalue weighted by atomic mass is 10.1. The molecule has 0 saturated carbocycles. The molecule has 0 saturated heterocycles. The van der Waals surface area contributed by atoms with Crippen molar-refractivity contribution in [2.24, 2.45) is 0 Å². The van der Waals surface area contributed by atoms with E-state index >= 15 is 0 Å². The van der Waals surface area contributed by atoms with Crippen molar-refractivity contribution in [3.05, 3.63) is 89.0 Å². The van der Waals surface area contributed by atoms with E-state index in [0.717, 1.165) is 28.8 Å². The molecule has 29 heavy (non-hydrogen) atoms. The van der Waals surface area contributed by atoms with E-state index in [-0.39, 0.29) is 10.8 Å². The summed E-state index contributed by atoms with van der Waals surface area (Å²) in [5, 5.41) is 2.95. The summed E-state index contributed by atoms with van der Waals surface area (Å²) in [6, 6.07) is 19.0. The van der Waals surface area contributed by atoms with Crippen LogP contribution in [-0.4, -0.2) is 14.3 Å². The van der Waals surface area contributed by atoms with E-state index in [1.807, 2.05) is 51.1 Å². The smallest absolute Gasteiger partial charge is 0.261 e. The second-order valence-electron chi connectivity index (χ2n) is 6.86. The van der Waals surface area contributed by atoms with Crippen molar-refractivity contribution in [1.29, 1.82) is 0 Å². The summed E-state index contributed by atoms with van der Waals surface area (Å²) in [5.41, 5.74) is 4.60. The van der Waals surface area contributed by atoms with Crippen molar-refractivity contribution >= 4 is 27.3 Å². The van der Waals surface area contributed by atoms with Crippen LogP contribution in [0, 0.1) is 13.8 Å². The molecular formula is C23H24N2O3S. The molecule has 0 bridgehead atoms. The van der Waals surface area contributed by atoms with Crippen LogP contribution in [0.4, 0.5) is 11.4 Å². The van der Waals surface area contributed by atoms with Crippen LogP contribution >= 0.6 is 0 Å². The first-order valence-corrected chi connectivity index (χ1v) is 10.9. The number of nitrogens with one attached hydrogen (secondary N) is 2. The number of para-hydroxylation sites is 2. The first-order valence-electron chi connectivity index (χ1n) is 9.40. The van der Waals surface area contributed by atoms with Crippen molar-refractivity contribution in [3.63, 3.8) is 0 Å². The molecule has 0 radical (unpaired) electrons. The fourth-order valence-electron chi connectivity index (χ4n) is 3.06. The lowest BCUT2D eigenvalue weighted by Gasteiger charge is -2.13. The van der Waals surface area contributed by atoms with Gasteiger partial charge in [0.25, 0.3) is 15.9 Å². The molecule has 0 spiro atoms. The van der Waals surface area contributed by atoms with Crippen LogP contribution in [0.3, 0.4) is 0 Å². The normalized spacial score (nSPS) is 11.1. The molecule has 0 aliphatic rings. The molecule has 0 unspecified atom stereocenters. The van der Waals surface area contributed by atoms with Crippen LogP contribution in [0.25, 0.3) is 0 Å². The van der Waals surface area contributed by atoms with Gasteiger partial charge in [-0.15, -0.1) is 0 Å². The van der Waals surface area contributed by atoms with Crippen LogP contribution in [-0.2, 0) is 16.4 Å². The Morgan fingerprint density at radius 2 is 1.52 bits per heavy atom. The molecule has 3 aromatic rings. The van der Waals surface area contributed by atoms with Gasteiger partial charge in [0.2, 0.25) is 0 Å². The van der Waals surface area contributed by atoms with Gasteiger partial charge in [-0.05, 0) is 67.3 Å². The van der Waals surface area contributed by atoms with Crippen LogP contribution in [0.2, 0.25) is 0 Å². The van der Waals surface area contributed by atoms with Gasteiger partial charge in [0.05, 0.1) is 10.6 Å². The third-order valence-corrected chi connectivity index (χ3v) is 6.18. The molecule has 0 aromatic heterocycles. The Morgan fingerprint density at radius 1 is 0.862 bits per heavy atom. The van der Waals surface area contributed by atoms with Gasteiger partial charge in [-0.25, -0.2) is 8.42 Å². The quantitative estimate of drug-likeness (QED) is 0.608. The van der Waals surface area contributed by atoms with Crippen molar-refractivity contribution in [3.8, 4) is 0 Å². The number of rotatable bonds is 6. The van der Waals surface area contributed by atoms with Crippen LogP contribution < -0.4 is 10.0 Å². The van der Waals surface area contributed by atoms with E-state index in [1.54, 1.807) is 12.1 Å². The molecule has 0 heterocycles. The predicted molar refractivity (Wildman–Crippen MR) is 117 cm³/mol. The third kappa shape index (κ3) is 4.66. The number of carbonyl (C=O) groups is 1. The van der Waals surface area contributed by atoms with E-state index in [1.165, 1.54) is 24.3 Å². The zero-order valence-electron chi connectivity index (χ0n) is 16.7. The molecule has 5 nitrogen and oxygen atoms in total. The van der Waals surface area contributed by atoms with Crippen molar-refractivity contribution in [2.75, 3.05) is 10.0 Å². The summed E-state index contributed by atoms with van der Waals surface area (Å²) in [6.45, 7) is 5.81. The summed E-state index contributed by atoms with van der Waals surface area (Å²) >= 11 is 0. The predicted octanol–water partition coefficient (Wildman–Crippen LogP) is 4.92. The maximum atomic E-state index is 12.7. The lowest BCUT2D eigenvalue weighted by molar-refractivity contribution is 0.102. The molecule has 6 heteroatoms. The number of sulfonamides is 1. The van der Waals surface area contributed by atoms with Gasteiger partial charge in [0, 0.05) is 11.3 Å². The maximum absolute atomic E-state index is 12.7. The highest BCUT2D eigenvalue weighted by Crippen LogP contribution is 2.23. The number of hydrogen-bond acceptors (Lipinski definition) is 3. The van der Waals surface area contributed by atoms with Crippen LogP contribution in [0.5, 0.6) is 0 Å². The largest absolute Gasteiger partial charge is 0.321 e. The van der Waals surface area contributed by atoms with E-state index in [0.29, 0.717) is 11.3 Å². The number of aryl methyl sites for hydroxylation is 3. The fraction of sp³-hybridized carbons (Fsp3) is 0.174. The lowest BCUT2D eigenvalue weighted by Crippen LogP contribution is -2.16. The van der Waals surface area contributed by atoms with Crippen molar-refractivity contribution in [2.45, 2.75) is 32.1 Å². The zero-order valence-corrected chi connectivity index (χ0v) is 17.5.